The zero-order valence-electron chi connectivity index (χ0n) is 47.3. The number of hydrogen-bond acceptors (Lipinski definition) is 23. The number of carbonyl (C=O) groups excluding carboxylic acids is 3. The van der Waals surface area contributed by atoms with E-state index in [4.69, 9.17) is 75.8 Å². The third kappa shape index (κ3) is 36.6. The van der Waals surface area contributed by atoms with E-state index < -0.39 is 5.91 Å². The molecule has 0 fully saturated rings. The number of methoxy groups -OCH3 is 2. The number of amides is 3. The van der Waals surface area contributed by atoms with Gasteiger partial charge in [0.1, 0.15) is 11.4 Å². The molecule has 0 spiro atoms. The van der Waals surface area contributed by atoms with Crippen molar-refractivity contribution in [3.8, 4) is 0 Å². The van der Waals surface area contributed by atoms with E-state index >= 15 is 0 Å². The first kappa shape index (κ1) is 69.5. The van der Waals surface area contributed by atoms with Crippen LogP contribution in [0.1, 0.15) is 34.2 Å². The Hall–Kier alpha value is -4.73. The Kier molecular flexibility index (Phi) is 43.5. The number of nitrogens with zero attached hydrogens (tertiary/aromatic N) is 7. The second kappa shape index (κ2) is 50.0. The lowest BCUT2D eigenvalue weighted by Gasteiger charge is -2.22. The molecule has 0 aliphatic heterocycles. The summed E-state index contributed by atoms with van der Waals surface area (Å²) in [5.41, 5.74) is 2.64. The van der Waals surface area contributed by atoms with Crippen LogP contribution in [0.3, 0.4) is 0 Å². The molecule has 80 heavy (non-hydrogen) atoms. The van der Waals surface area contributed by atoms with Gasteiger partial charge in [-0.3, -0.25) is 14.4 Å². The van der Waals surface area contributed by atoms with Gasteiger partial charge in [-0.1, -0.05) is 23.4 Å². The molecule has 0 radical (unpaired) electrons. The predicted molar refractivity (Wildman–Crippen MR) is 287 cm³/mol. The van der Waals surface area contributed by atoms with Gasteiger partial charge in [-0.25, -0.2) is 9.36 Å². The topological polar surface area (TPSA) is 288 Å². The standard InChI is InChI=1S/C52H89N9O19/c1-4-46-5-6-47(54-51(63)40-53-45-62)39-50(46)52(64)59(41-48-43-60(57-55-48)7-9-67-15-17-71-23-25-75-31-33-79-37-35-77-29-27-73-21-19-69-13-11-65-2)42-49-44-61(58-56-49)8-10-68-16-18-72-24-26-76-32-34-80-38-36-78-30-28-74-22-20-70-14-12-66-3/h5-6,39,43-45H,4,7-38,40-42H2,1-3H3,(H,53,62)(H,54,63). The lowest BCUT2D eigenvalue weighted by Crippen LogP contribution is -2.31. The Balaban J connectivity index is 1.32. The lowest BCUT2D eigenvalue weighted by molar-refractivity contribution is -0.118. The van der Waals surface area contributed by atoms with Gasteiger partial charge in [0.25, 0.3) is 5.91 Å². The van der Waals surface area contributed by atoms with Gasteiger partial charge < -0.3 is 91.3 Å². The monoisotopic (exact) mass is 1140 g/mol. The van der Waals surface area contributed by atoms with Crippen molar-refractivity contribution in [2.45, 2.75) is 39.5 Å². The number of hydrogen-bond donors (Lipinski definition) is 2. The van der Waals surface area contributed by atoms with E-state index in [0.717, 1.165) is 5.56 Å². The molecule has 2 aromatic heterocycles. The normalized spacial score (nSPS) is 11.4. The summed E-state index contributed by atoms with van der Waals surface area (Å²) in [6.45, 7) is 16.8. The van der Waals surface area contributed by atoms with Crippen LogP contribution in [0, 0.1) is 0 Å². The molecule has 3 rings (SSSR count). The second-order valence-corrected chi connectivity index (χ2v) is 16.9. The molecular weight excluding hydrogens is 1050 g/mol. The molecule has 0 saturated heterocycles. The molecule has 0 aliphatic carbocycles. The van der Waals surface area contributed by atoms with Crippen LogP contribution in [0.25, 0.3) is 0 Å². The van der Waals surface area contributed by atoms with Crippen molar-refractivity contribution in [3.05, 3.63) is 53.1 Å². The van der Waals surface area contributed by atoms with Gasteiger partial charge in [0, 0.05) is 25.5 Å². The molecule has 456 valence electrons. The summed E-state index contributed by atoms with van der Waals surface area (Å²) in [6.07, 6.45) is 4.51. The molecule has 0 atom stereocenters. The van der Waals surface area contributed by atoms with Crippen molar-refractivity contribution >= 4 is 23.9 Å². The number of nitrogens with one attached hydrogen (secondary N) is 2. The minimum Gasteiger partial charge on any atom is -0.382 e. The number of ether oxygens (including phenoxy) is 16. The number of aromatic nitrogens is 6. The number of aryl methyl sites for hydroxylation is 1. The Morgan fingerprint density at radius 3 is 1.12 bits per heavy atom. The molecule has 28 nitrogen and oxygen atoms in total. The molecule has 0 bridgehead atoms. The van der Waals surface area contributed by atoms with Crippen LogP contribution < -0.4 is 10.6 Å². The van der Waals surface area contributed by atoms with Gasteiger partial charge in [-0.2, -0.15) is 0 Å². The molecule has 1 aromatic carbocycles. The maximum atomic E-state index is 14.5. The first-order chi connectivity index (χ1) is 39.5. The number of benzene rings is 1. The Morgan fingerprint density at radius 2 is 0.812 bits per heavy atom. The van der Waals surface area contributed by atoms with Gasteiger partial charge >= 0.3 is 0 Å². The molecule has 2 heterocycles. The van der Waals surface area contributed by atoms with Crippen LogP contribution in [0.5, 0.6) is 0 Å². The molecule has 28 heteroatoms. The van der Waals surface area contributed by atoms with Crippen molar-refractivity contribution < 1.29 is 90.2 Å². The van der Waals surface area contributed by atoms with Crippen molar-refractivity contribution in [3.63, 3.8) is 0 Å². The minimum atomic E-state index is -0.439. The number of rotatable bonds is 58. The van der Waals surface area contributed by atoms with Gasteiger partial charge in [0.15, 0.2) is 0 Å². The van der Waals surface area contributed by atoms with Crippen LogP contribution in [0.2, 0.25) is 0 Å². The van der Waals surface area contributed by atoms with Crippen molar-refractivity contribution in [1.82, 2.24) is 40.2 Å². The van der Waals surface area contributed by atoms with Crippen molar-refractivity contribution in [1.29, 1.82) is 0 Å². The van der Waals surface area contributed by atoms with Crippen LogP contribution in [-0.2, 0) is 118 Å². The first-order valence-corrected chi connectivity index (χ1v) is 27.2. The van der Waals surface area contributed by atoms with Gasteiger partial charge in [-0.05, 0) is 24.1 Å². The Bertz CT molecular complexity index is 1860. The van der Waals surface area contributed by atoms with E-state index in [2.05, 4.69) is 31.3 Å². The fraction of sp³-hybridized carbons (Fsp3) is 0.750. The van der Waals surface area contributed by atoms with E-state index in [9.17, 15) is 14.4 Å². The van der Waals surface area contributed by atoms with Crippen LogP contribution >= 0.6 is 0 Å². The van der Waals surface area contributed by atoms with Crippen LogP contribution in [-0.4, -0.2) is 272 Å². The fourth-order valence-corrected chi connectivity index (χ4v) is 6.75. The average Bonchev–Trinajstić information content (AvgIpc) is 4.14. The second-order valence-electron chi connectivity index (χ2n) is 16.9. The summed E-state index contributed by atoms with van der Waals surface area (Å²) < 4.78 is 90.6. The maximum absolute atomic E-state index is 14.5. The van der Waals surface area contributed by atoms with Gasteiger partial charge in [-0.15, -0.1) is 10.2 Å². The summed E-state index contributed by atoms with van der Waals surface area (Å²) in [5.74, 6) is -0.755. The SMILES string of the molecule is CCc1ccc(NC(=O)CNC=O)cc1C(=O)N(Cc1cn(CCOCCOCCOCCOCCOCCOCCOCCOC)nn1)Cc1cn(CCOCCOCCOCCOCCOCCOCCOCCOC)nn1. The zero-order valence-corrected chi connectivity index (χ0v) is 47.3. The highest BCUT2D eigenvalue weighted by atomic mass is 16.6. The summed E-state index contributed by atoms with van der Waals surface area (Å²) >= 11 is 0. The van der Waals surface area contributed by atoms with E-state index in [1.165, 1.54) is 0 Å². The first-order valence-electron chi connectivity index (χ1n) is 27.2. The van der Waals surface area contributed by atoms with Crippen molar-refractivity contribution in [2.75, 3.05) is 224 Å². The van der Waals surface area contributed by atoms with E-state index in [1.807, 2.05) is 6.92 Å². The quantitative estimate of drug-likeness (QED) is 0.0574. The molecule has 2 N–H and O–H groups in total. The highest BCUT2D eigenvalue weighted by Crippen LogP contribution is 2.21. The van der Waals surface area contributed by atoms with Crippen LogP contribution in [0.4, 0.5) is 5.69 Å². The van der Waals surface area contributed by atoms with Crippen molar-refractivity contribution in [2.24, 2.45) is 0 Å². The molecule has 0 unspecified atom stereocenters. The maximum Gasteiger partial charge on any atom is 0.254 e. The summed E-state index contributed by atoms with van der Waals surface area (Å²) in [4.78, 5) is 39.2. The third-order valence-corrected chi connectivity index (χ3v) is 10.8. The molecule has 0 saturated carbocycles. The summed E-state index contributed by atoms with van der Waals surface area (Å²) in [7, 11) is 3.27. The zero-order chi connectivity index (χ0) is 57.0. The lowest BCUT2D eigenvalue weighted by atomic mass is 10.0. The Morgan fingerprint density at radius 1 is 0.487 bits per heavy atom. The predicted octanol–water partition coefficient (Wildman–Crippen LogP) is 0.484. The summed E-state index contributed by atoms with van der Waals surface area (Å²) in [5, 5.41) is 22.3. The highest BCUT2D eigenvalue weighted by molar-refractivity contribution is 5.99. The minimum absolute atomic E-state index is 0.0950. The largest absolute Gasteiger partial charge is 0.382 e. The Labute approximate surface area is 470 Å². The average molecular weight is 1140 g/mol. The smallest absolute Gasteiger partial charge is 0.254 e. The number of anilines is 1. The fourth-order valence-electron chi connectivity index (χ4n) is 6.75. The third-order valence-electron chi connectivity index (χ3n) is 10.8. The van der Waals surface area contributed by atoms with Gasteiger partial charge in [0.05, 0.1) is 243 Å². The van der Waals surface area contributed by atoms with E-state index in [0.29, 0.717) is 247 Å². The van der Waals surface area contributed by atoms with E-state index in [-0.39, 0.29) is 25.5 Å². The summed E-state index contributed by atoms with van der Waals surface area (Å²) in [6, 6.07) is 5.13. The number of carbonyl (C=O) groups is 3. The molecule has 3 aromatic rings. The highest BCUT2D eigenvalue weighted by Gasteiger charge is 2.23. The molecular formula is C52H89N9O19. The molecule has 0 aliphatic rings. The molecule has 3 amide bonds. The van der Waals surface area contributed by atoms with Crippen LogP contribution in [0.15, 0.2) is 30.6 Å². The van der Waals surface area contributed by atoms with Gasteiger partial charge in [0.2, 0.25) is 12.3 Å². The van der Waals surface area contributed by atoms with E-state index in [1.54, 1.807) is 59.1 Å².